The molecule has 0 saturated carbocycles. The maximum atomic E-state index is 16.1. The van der Waals surface area contributed by atoms with Crippen molar-refractivity contribution in [1.82, 2.24) is 9.88 Å². The molecule has 16 heteroatoms. The van der Waals surface area contributed by atoms with Crippen LogP contribution in [0.3, 0.4) is 0 Å². The fourth-order valence-corrected chi connectivity index (χ4v) is 4.89. The molecule has 5 atom stereocenters. The molecule has 2 aliphatic rings. The zero-order valence-corrected chi connectivity index (χ0v) is 24.8. The van der Waals surface area contributed by atoms with Gasteiger partial charge in [0.25, 0.3) is 11.8 Å². The van der Waals surface area contributed by atoms with Crippen molar-refractivity contribution in [1.29, 1.82) is 5.41 Å². The highest BCUT2D eigenvalue weighted by atomic mass is 19.1. The second kappa shape index (κ2) is 13.8. The molecule has 2 aliphatic heterocycles. The number of phenols is 1. The number of ether oxygens (including phenoxy) is 5. The summed E-state index contributed by atoms with van der Waals surface area (Å²) in [6.45, 7) is 2.16. The normalized spacial score (nSPS) is 21.6. The highest BCUT2D eigenvalue weighted by Gasteiger charge is 2.50. The van der Waals surface area contributed by atoms with Gasteiger partial charge in [0.1, 0.15) is 35.7 Å². The lowest BCUT2D eigenvalue weighted by Gasteiger charge is -2.25. The summed E-state index contributed by atoms with van der Waals surface area (Å²) in [5, 5.41) is 48.8. The first kappa shape index (κ1) is 32.8. The number of hydrogen-bond donors (Lipinski definition) is 6. The Bertz CT molecular complexity index is 1630. The van der Waals surface area contributed by atoms with Crippen LogP contribution in [0.4, 0.5) is 8.78 Å². The number of nitrogens with two attached hydrogens (primary N) is 1. The lowest BCUT2D eigenvalue weighted by molar-refractivity contribution is -0.178. The van der Waals surface area contributed by atoms with Crippen LogP contribution in [-0.2, 0) is 9.47 Å². The molecular formula is C30H33F2N5O9. The van der Waals surface area contributed by atoms with E-state index in [0.717, 1.165) is 12.1 Å². The van der Waals surface area contributed by atoms with Crippen LogP contribution in [0.1, 0.15) is 18.1 Å². The summed E-state index contributed by atoms with van der Waals surface area (Å²) < 4.78 is 59.8. The van der Waals surface area contributed by atoms with Crippen molar-refractivity contribution < 1.29 is 52.9 Å². The van der Waals surface area contributed by atoms with Crippen LogP contribution in [0.25, 0.3) is 0 Å². The molecule has 246 valence electrons. The van der Waals surface area contributed by atoms with Crippen molar-refractivity contribution in [3.05, 3.63) is 65.2 Å². The van der Waals surface area contributed by atoms with Crippen LogP contribution in [0.5, 0.6) is 34.8 Å². The number of aliphatic hydroxyl groups is 3. The Morgan fingerprint density at radius 1 is 1.17 bits per heavy atom. The van der Waals surface area contributed by atoms with Crippen LogP contribution in [-0.4, -0.2) is 106 Å². The average Bonchev–Trinajstić information content (AvgIpc) is 3.60. The van der Waals surface area contributed by atoms with Gasteiger partial charge in [0.05, 0.1) is 13.2 Å². The molecule has 1 aromatic heterocycles. The van der Waals surface area contributed by atoms with Crippen molar-refractivity contribution in [2.45, 2.75) is 37.6 Å². The highest BCUT2D eigenvalue weighted by Crippen LogP contribution is 2.41. The van der Waals surface area contributed by atoms with Gasteiger partial charge in [-0.05, 0) is 37.3 Å². The van der Waals surface area contributed by atoms with Crippen molar-refractivity contribution in [2.24, 2.45) is 10.7 Å². The van der Waals surface area contributed by atoms with Gasteiger partial charge in [-0.2, -0.15) is 13.8 Å². The van der Waals surface area contributed by atoms with Crippen LogP contribution >= 0.6 is 0 Å². The van der Waals surface area contributed by atoms with Crippen LogP contribution < -0.4 is 19.9 Å². The summed E-state index contributed by atoms with van der Waals surface area (Å²) in [7, 11) is 1.86. The second-order valence-corrected chi connectivity index (χ2v) is 10.4. The van der Waals surface area contributed by atoms with Crippen LogP contribution in [0.2, 0.25) is 0 Å². The predicted octanol–water partition coefficient (Wildman–Crippen LogP) is 1.85. The number of halogens is 2. The summed E-state index contributed by atoms with van der Waals surface area (Å²) in [6.07, 6.45) is -7.78. The number of rotatable bonds is 12. The molecule has 3 heterocycles. The molecule has 0 radical (unpaired) electrons. The Morgan fingerprint density at radius 2 is 1.91 bits per heavy atom. The molecule has 46 heavy (non-hydrogen) atoms. The zero-order chi connectivity index (χ0) is 33.1. The number of nitrogen functional groups attached to an aromatic ring is 1. The molecule has 1 fully saturated rings. The van der Waals surface area contributed by atoms with E-state index in [1.807, 2.05) is 11.9 Å². The third-order valence-electron chi connectivity index (χ3n) is 7.20. The van der Waals surface area contributed by atoms with E-state index in [2.05, 4.69) is 9.98 Å². The molecule has 0 spiro atoms. The van der Waals surface area contributed by atoms with E-state index < -0.39 is 72.2 Å². The van der Waals surface area contributed by atoms with Gasteiger partial charge < -0.3 is 54.7 Å². The molecule has 0 aliphatic carbocycles. The monoisotopic (exact) mass is 645 g/mol. The zero-order valence-electron chi connectivity index (χ0n) is 24.8. The molecule has 3 aromatic rings. The predicted molar refractivity (Wildman–Crippen MR) is 158 cm³/mol. The van der Waals surface area contributed by atoms with Gasteiger partial charge in [0.15, 0.2) is 23.9 Å². The van der Waals surface area contributed by atoms with E-state index in [0.29, 0.717) is 24.5 Å². The maximum absolute atomic E-state index is 16.1. The van der Waals surface area contributed by atoms with E-state index in [1.165, 1.54) is 12.1 Å². The van der Waals surface area contributed by atoms with E-state index in [1.54, 1.807) is 25.1 Å². The number of nitrogens with zero attached hydrogens (tertiary/aromatic N) is 3. The number of aliphatic imine (C=N–C) groups is 1. The number of benzene rings is 2. The maximum Gasteiger partial charge on any atom is 0.263 e. The topological polar surface area (TPSA) is 205 Å². The number of nitrogens with one attached hydrogen (secondary N) is 1. The van der Waals surface area contributed by atoms with E-state index in [4.69, 9.17) is 34.8 Å². The SMILES string of the molecule is CCOC1OC(C(O)CO)C(Oc2c(F)c(Oc3cccc(C4=NCCN4C)c3)nc(Oc3cc(C(=N)N)ccc3O)c2F)C1O. The largest absolute Gasteiger partial charge is 0.504 e. The molecule has 5 unspecified atom stereocenters. The fourth-order valence-electron chi connectivity index (χ4n) is 4.89. The van der Waals surface area contributed by atoms with Gasteiger partial charge >= 0.3 is 0 Å². The van der Waals surface area contributed by atoms with Gasteiger partial charge in [-0.25, -0.2) is 0 Å². The number of aromatic nitrogens is 1. The van der Waals surface area contributed by atoms with Crippen molar-refractivity contribution in [3.63, 3.8) is 0 Å². The van der Waals surface area contributed by atoms with Crippen LogP contribution in [0, 0.1) is 17.0 Å². The summed E-state index contributed by atoms with van der Waals surface area (Å²) in [5.41, 5.74) is 6.31. The molecule has 0 bridgehead atoms. The Balaban J connectivity index is 1.58. The van der Waals surface area contributed by atoms with E-state index in [-0.39, 0.29) is 29.5 Å². The van der Waals surface area contributed by atoms with Gasteiger partial charge in [0.2, 0.25) is 17.4 Å². The molecule has 1 saturated heterocycles. The molecule has 5 rings (SSSR count). The lowest BCUT2D eigenvalue weighted by Crippen LogP contribution is -2.44. The summed E-state index contributed by atoms with van der Waals surface area (Å²) >= 11 is 0. The van der Waals surface area contributed by atoms with Gasteiger partial charge in [0, 0.05) is 31.3 Å². The van der Waals surface area contributed by atoms with E-state index in [9.17, 15) is 20.4 Å². The Kier molecular flexibility index (Phi) is 9.83. The number of aromatic hydroxyl groups is 1. The summed E-state index contributed by atoms with van der Waals surface area (Å²) in [5.74, 6) is -6.33. The van der Waals surface area contributed by atoms with Crippen molar-refractivity contribution in [2.75, 3.05) is 33.4 Å². The quantitative estimate of drug-likeness (QED) is 0.123. The summed E-state index contributed by atoms with van der Waals surface area (Å²) in [4.78, 5) is 10.3. The Morgan fingerprint density at radius 3 is 2.57 bits per heavy atom. The van der Waals surface area contributed by atoms with Crippen molar-refractivity contribution in [3.8, 4) is 34.8 Å². The number of phenolic OH excluding ortho intramolecular Hbond substituents is 1. The number of pyridine rings is 1. The molecule has 2 aromatic carbocycles. The minimum Gasteiger partial charge on any atom is -0.504 e. The Labute approximate surface area is 261 Å². The second-order valence-electron chi connectivity index (χ2n) is 10.4. The molecule has 7 N–H and O–H groups in total. The number of hydrogen-bond acceptors (Lipinski definition) is 13. The number of aliphatic hydroxyl groups excluding tert-OH is 3. The Hall–Kier alpha value is -4.61. The van der Waals surface area contributed by atoms with Crippen molar-refractivity contribution >= 4 is 11.7 Å². The minimum atomic E-state index is -1.66. The summed E-state index contributed by atoms with van der Waals surface area (Å²) in [6, 6.07) is 10.1. The molecule has 0 amide bonds. The van der Waals surface area contributed by atoms with Gasteiger partial charge in [-0.1, -0.05) is 12.1 Å². The fraction of sp³-hybridized carbons (Fsp3) is 0.367. The lowest BCUT2D eigenvalue weighted by atomic mass is 10.1. The molecule has 14 nitrogen and oxygen atoms in total. The third-order valence-corrected chi connectivity index (χ3v) is 7.20. The third kappa shape index (κ3) is 6.66. The van der Waals surface area contributed by atoms with E-state index >= 15 is 8.78 Å². The molecular weight excluding hydrogens is 612 g/mol. The highest BCUT2D eigenvalue weighted by molar-refractivity contribution is 6.00. The first-order chi connectivity index (χ1) is 22.0. The minimum absolute atomic E-state index is 0.0778. The first-order valence-electron chi connectivity index (χ1n) is 14.2. The number of amidine groups is 2. The standard InChI is InChI=1S/C30H33F2N5O9/c1-3-42-30-22(41)25(23(46-30)18(40)13-38)45-24-20(31)28(43-16-6-4-5-15(11-16)27-35-9-10-37(27)2)36-29(21(24)32)44-19-12-14(26(33)34)7-8-17(19)39/h4-8,11-12,18,22-23,25,30,38-41H,3,9-10,13H2,1-2H3,(H3,33,34). The van der Waals surface area contributed by atoms with Gasteiger partial charge in [-0.15, -0.1) is 0 Å². The van der Waals surface area contributed by atoms with Gasteiger partial charge in [-0.3, -0.25) is 10.4 Å². The number of likely N-dealkylation sites (N-methyl/N-ethyl adjacent to an activating group) is 1. The first-order valence-corrected chi connectivity index (χ1v) is 14.2. The average molecular weight is 646 g/mol. The van der Waals surface area contributed by atoms with Crippen LogP contribution in [0.15, 0.2) is 47.5 Å². The smallest absolute Gasteiger partial charge is 0.263 e.